The van der Waals surface area contributed by atoms with Gasteiger partial charge in [-0.15, -0.1) is 0 Å². The van der Waals surface area contributed by atoms with Gasteiger partial charge in [-0.2, -0.15) is 0 Å². The molecular weight excluding hydrogens is 294 g/mol. The van der Waals surface area contributed by atoms with E-state index in [0.29, 0.717) is 39.3 Å². The Morgan fingerprint density at radius 2 is 2.00 bits per heavy atom. The van der Waals surface area contributed by atoms with Crippen molar-refractivity contribution in [1.29, 1.82) is 0 Å². The van der Waals surface area contributed by atoms with Gasteiger partial charge in [0.2, 0.25) is 5.43 Å². The molecule has 0 amide bonds. The molecule has 0 fully saturated rings. The lowest BCUT2D eigenvalue weighted by Gasteiger charge is -2.10. The van der Waals surface area contributed by atoms with E-state index in [9.17, 15) is 9.59 Å². The molecule has 23 heavy (non-hydrogen) atoms. The van der Waals surface area contributed by atoms with Crippen LogP contribution in [0.5, 0.6) is 5.75 Å². The number of benzene rings is 1. The molecule has 0 radical (unpaired) electrons. The number of aryl methyl sites for hydroxylation is 2. The summed E-state index contributed by atoms with van der Waals surface area (Å²) in [5, 5.41) is 0.435. The zero-order valence-electron chi connectivity index (χ0n) is 13.0. The maximum atomic E-state index is 12.8. The average molecular weight is 309 g/mol. The quantitative estimate of drug-likeness (QED) is 0.536. The SMILES string of the molecule is CC(=O)Oc1cc2oc(C)c(-c3ccccn3)c(=O)c2cc1C. The van der Waals surface area contributed by atoms with Crippen LogP contribution in [0.25, 0.3) is 22.2 Å². The molecule has 0 saturated heterocycles. The minimum Gasteiger partial charge on any atom is -0.460 e. The van der Waals surface area contributed by atoms with Gasteiger partial charge < -0.3 is 9.15 Å². The number of rotatable bonds is 2. The van der Waals surface area contributed by atoms with Crippen LogP contribution in [0, 0.1) is 13.8 Å². The highest BCUT2D eigenvalue weighted by Crippen LogP contribution is 2.28. The largest absolute Gasteiger partial charge is 0.460 e. The maximum Gasteiger partial charge on any atom is 0.308 e. The number of hydrogen-bond acceptors (Lipinski definition) is 5. The predicted octanol–water partition coefficient (Wildman–Crippen LogP) is 3.40. The van der Waals surface area contributed by atoms with Crippen LogP contribution >= 0.6 is 0 Å². The van der Waals surface area contributed by atoms with Crippen molar-refractivity contribution in [2.24, 2.45) is 0 Å². The fraction of sp³-hybridized carbons (Fsp3) is 0.167. The summed E-state index contributed by atoms with van der Waals surface area (Å²) in [5.41, 5.74) is 1.94. The Hall–Kier alpha value is -2.95. The fourth-order valence-electron chi connectivity index (χ4n) is 2.51. The van der Waals surface area contributed by atoms with E-state index in [2.05, 4.69) is 4.98 Å². The summed E-state index contributed by atoms with van der Waals surface area (Å²) in [7, 11) is 0. The number of carbonyl (C=O) groups is 1. The first-order chi connectivity index (χ1) is 11.0. The monoisotopic (exact) mass is 309 g/mol. The fourth-order valence-corrected chi connectivity index (χ4v) is 2.51. The molecule has 0 N–H and O–H groups in total. The van der Waals surface area contributed by atoms with Crippen molar-refractivity contribution in [3.8, 4) is 17.0 Å². The summed E-state index contributed by atoms with van der Waals surface area (Å²) in [6.07, 6.45) is 1.63. The molecule has 0 atom stereocenters. The average Bonchev–Trinajstić information content (AvgIpc) is 2.50. The Bertz CT molecular complexity index is 958. The number of hydrogen-bond donors (Lipinski definition) is 0. The topological polar surface area (TPSA) is 69.4 Å². The standard InChI is InChI=1S/C18H15NO4/c1-10-8-13-16(9-15(10)23-12(3)20)22-11(2)17(18(13)21)14-6-4-5-7-19-14/h4-9H,1-3H3. The molecule has 0 saturated carbocycles. The van der Waals surface area contributed by atoms with Crippen LogP contribution in [0.15, 0.2) is 45.7 Å². The summed E-state index contributed by atoms with van der Waals surface area (Å²) in [4.78, 5) is 28.2. The van der Waals surface area contributed by atoms with Crippen LogP contribution in [0.4, 0.5) is 0 Å². The highest BCUT2D eigenvalue weighted by atomic mass is 16.5. The van der Waals surface area contributed by atoms with E-state index >= 15 is 0 Å². The number of ether oxygens (including phenoxy) is 1. The first-order valence-corrected chi connectivity index (χ1v) is 7.15. The summed E-state index contributed by atoms with van der Waals surface area (Å²) in [6.45, 7) is 4.82. The first-order valence-electron chi connectivity index (χ1n) is 7.15. The third-order valence-corrected chi connectivity index (χ3v) is 3.54. The minimum absolute atomic E-state index is 0.153. The lowest BCUT2D eigenvalue weighted by molar-refractivity contribution is -0.131. The Morgan fingerprint density at radius 3 is 2.65 bits per heavy atom. The third kappa shape index (κ3) is 2.73. The minimum atomic E-state index is -0.420. The van der Waals surface area contributed by atoms with Crippen LogP contribution in [0.1, 0.15) is 18.2 Å². The number of aromatic nitrogens is 1. The van der Waals surface area contributed by atoms with Crippen LogP contribution in [-0.2, 0) is 4.79 Å². The van der Waals surface area contributed by atoms with E-state index in [-0.39, 0.29) is 5.43 Å². The second kappa shape index (κ2) is 5.68. The molecule has 2 aromatic heterocycles. The van der Waals surface area contributed by atoms with Crippen LogP contribution in [0.3, 0.4) is 0 Å². The molecule has 116 valence electrons. The van der Waals surface area contributed by atoms with E-state index in [1.165, 1.54) is 6.92 Å². The lowest BCUT2D eigenvalue weighted by atomic mass is 10.1. The number of carbonyl (C=O) groups excluding carboxylic acids is 1. The summed E-state index contributed by atoms with van der Waals surface area (Å²) in [5.74, 6) is 0.439. The number of nitrogens with zero attached hydrogens (tertiary/aromatic N) is 1. The lowest BCUT2D eigenvalue weighted by Crippen LogP contribution is -2.09. The zero-order valence-corrected chi connectivity index (χ0v) is 13.0. The maximum absolute atomic E-state index is 12.8. The molecule has 1 aromatic carbocycles. The Labute approximate surface area is 132 Å². The van der Waals surface area contributed by atoms with Gasteiger partial charge in [-0.05, 0) is 37.6 Å². The Morgan fingerprint density at radius 1 is 1.22 bits per heavy atom. The molecule has 5 heteroatoms. The molecule has 0 aliphatic carbocycles. The second-order valence-corrected chi connectivity index (χ2v) is 5.28. The Kier molecular flexibility index (Phi) is 3.70. The van der Waals surface area contributed by atoms with Crippen molar-refractivity contribution in [3.05, 3.63) is 58.1 Å². The molecule has 5 nitrogen and oxygen atoms in total. The van der Waals surface area contributed by atoms with Gasteiger partial charge >= 0.3 is 5.97 Å². The number of fused-ring (bicyclic) bond motifs is 1. The van der Waals surface area contributed by atoms with Crippen molar-refractivity contribution in [3.63, 3.8) is 0 Å². The van der Waals surface area contributed by atoms with Crippen LogP contribution in [-0.4, -0.2) is 11.0 Å². The van der Waals surface area contributed by atoms with E-state index in [0.717, 1.165) is 0 Å². The van der Waals surface area contributed by atoms with Gasteiger partial charge in [0.05, 0.1) is 16.6 Å². The molecular formula is C18H15NO4. The molecule has 0 spiro atoms. The van der Waals surface area contributed by atoms with Crippen molar-refractivity contribution in [2.75, 3.05) is 0 Å². The van der Waals surface area contributed by atoms with Gasteiger partial charge in [0.25, 0.3) is 0 Å². The highest BCUT2D eigenvalue weighted by Gasteiger charge is 2.16. The van der Waals surface area contributed by atoms with Gasteiger partial charge in [0.15, 0.2) is 0 Å². The summed E-state index contributed by atoms with van der Waals surface area (Å²) in [6, 6.07) is 8.62. The molecule has 3 rings (SSSR count). The van der Waals surface area contributed by atoms with Crippen molar-refractivity contribution in [2.45, 2.75) is 20.8 Å². The van der Waals surface area contributed by atoms with Crippen LogP contribution in [0.2, 0.25) is 0 Å². The molecule has 2 heterocycles. The van der Waals surface area contributed by atoms with E-state index in [4.69, 9.17) is 9.15 Å². The molecule has 0 unspecified atom stereocenters. The summed E-state index contributed by atoms with van der Waals surface area (Å²) < 4.78 is 10.9. The van der Waals surface area contributed by atoms with Gasteiger partial charge in [0.1, 0.15) is 17.1 Å². The molecule has 0 aliphatic rings. The highest BCUT2D eigenvalue weighted by molar-refractivity contribution is 5.85. The van der Waals surface area contributed by atoms with E-state index in [1.54, 1.807) is 44.3 Å². The summed E-state index contributed by atoms with van der Waals surface area (Å²) >= 11 is 0. The van der Waals surface area contributed by atoms with E-state index in [1.807, 2.05) is 6.07 Å². The zero-order chi connectivity index (χ0) is 16.6. The Balaban J connectivity index is 2.28. The first kappa shape index (κ1) is 15.0. The number of pyridine rings is 1. The normalized spacial score (nSPS) is 10.7. The van der Waals surface area contributed by atoms with Crippen molar-refractivity contribution < 1.29 is 13.9 Å². The van der Waals surface area contributed by atoms with Crippen molar-refractivity contribution in [1.82, 2.24) is 4.98 Å². The number of esters is 1. The molecule has 0 bridgehead atoms. The smallest absolute Gasteiger partial charge is 0.308 e. The van der Waals surface area contributed by atoms with Gasteiger partial charge in [-0.1, -0.05) is 6.07 Å². The van der Waals surface area contributed by atoms with Gasteiger partial charge in [-0.25, -0.2) is 0 Å². The van der Waals surface area contributed by atoms with Gasteiger partial charge in [0, 0.05) is 19.2 Å². The van der Waals surface area contributed by atoms with E-state index < -0.39 is 5.97 Å². The van der Waals surface area contributed by atoms with Crippen molar-refractivity contribution >= 4 is 16.9 Å². The second-order valence-electron chi connectivity index (χ2n) is 5.28. The molecule has 3 aromatic rings. The predicted molar refractivity (Wildman–Crippen MR) is 86.5 cm³/mol. The van der Waals surface area contributed by atoms with Crippen LogP contribution < -0.4 is 10.2 Å². The third-order valence-electron chi connectivity index (χ3n) is 3.54. The molecule has 0 aliphatic heterocycles. The van der Waals surface area contributed by atoms with Gasteiger partial charge in [-0.3, -0.25) is 14.6 Å².